The van der Waals surface area contributed by atoms with Crippen molar-refractivity contribution in [3.05, 3.63) is 34.9 Å². The molecule has 0 radical (unpaired) electrons. The van der Waals surface area contributed by atoms with Crippen LogP contribution >= 0.6 is 0 Å². The van der Waals surface area contributed by atoms with Crippen LogP contribution in [0.5, 0.6) is 0 Å². The zero-order valence-corrected chi connectivity index (χ0v) is 7.59. The molecule has 14 heavy (non-hydrogen) atoms. The van der Waals surface area contributed by atoms with Crippen molar-refractivity contribution in [2.45, 2.75) is 25.7 Å². The molecule has 1 aliphatic carbocycles. The van der Waals surface area contributed by atoms with Gasteiger partial charge in [-0.3, -0.25) is 4.79 Å². The monoisotopic (exact) mass is 196 g/mol. The standard InChI is InChI=1S/C11H10F2O/c12-11(13)8-5-4-7-2-1-3-10(14)9(7)6-8/h4-6,11H,1-3H2. The molecule has 0 saturated heterocycles. The van der Waals surface area contributed by atoms with Gasteiger partial charge in [0.05, 0.1) is 0 Å². The third-order valence-corrected chi connectivity index (χ3v) is 2.54. The molecule has 0 fully saturated rings. The number of carbonyl (C=O) groups is 1. The van der Waals surface area contributed by atoms with Gasteiger partial charge in [0, 0.05) is 17.5 Å². The molecular weight excluding hydrogens is 186 g/mol. The van der Waals surface area contributed by atoms with Crippen molar-refractivity contribution in [2.24, 2.45) is 0 Å². The van der Waals surface area contributed by atoms with Crippen LogP contribution in [0.4, 0.5) is 8.78 Å². The summed E-state index contributed by atoms with van der Waals surface area (Å²) in [5, 5.41) is 0. The Labute approximate surface area is 80.7 Å². The van der Waals surface area contributed by atoms with Crippen LogP contribution < -0.4 is 0 Å². The summed E-state index contributed by atoms with van der Waals surface area (Å²) in [6.45, 7) is 0. The average Bonchev–Trinajstić information content (AvgIpc) is 2.18. The highest BCUT2D eigenvalue weighted by molar-refractivity contribution is 5.98. The lowest BCUT2D eigenvalue weighted by molar-refractivity contribution is 0.0972. The van der Waals surface area contributed by atoms with Crippen molar-refractivity contribution < 1.29 is 13.6 Å². The second-order valence-electron chi connectivity index (χ2n) is 3.49. The van der Waals surface area contributed by atoms with Crippen LogP contribution in [-0.2, 0) is 6.42 Å². The average molecular weight is 196 g/mol. The van der Waals surface area contributed by atoms with Gasteiger partial charge in [-0.1, -0.05) is 12.1 Å². The van der Waals surface area contributed by atoms with Crippen LogP contribution in [0.15, 0.2) is 18.2 Å². The Kier molecular flexibility index (Phi) is 2.32. The molecule has 0 saturated carbocycles. The van der Waals surface area contributed by atoms with Gasteiger partial charge in [0.2, 0.25) is 0 Å². The van der Waals surface area contributed by atoms with Crippen molar-refractivity contribution >= 4 is 5.78 Å². The zero-order chi connectivity index (χ0) is 10.1. The van der Waals surface area contributed by atoms with E-state index in [1.54, 1.807) is 6.07 Å². The van der Waals surface area contributed by atoms with Gasteiger partial charge in [-0.05, 0) is 24.5 Å². The number of benzene rings is 1. The summed E-state index contributed by atoms with van der Waals surface area (Å²) in [6.07, 6.45) is -0.348. The molecule has 0 heterocycles. The predicted molar refractivity (Wildman–Crippen MR) is 48.7 cm³/mol. The molecule has 0 N–H and O–H groups in total. The highest BCUT2D eigenvalue weighted by Crippen LogP contribution is 2.26. The third-order valence-electron chi connectivity index (χ3n) is 2.54. The fraction of sp³-hybridized carbons (Fsp3) is 0.364. The molecule has 1 nitrogen and oxygen atoms in total. The molecule has 0 aliphatic heterocycles. The van der Waals surface area contributed by atoms with Crippen molar-refractivity contribution in [1.29, 1.82) is 0 Å². The lowest BCUT2D eigenvalue weighted by Gasteiger charge is -2.15. The van der Waals surface area contributed by atoms with Crippen molar-refractivity contribution in [3.63, 3.8) is 0 Å². The second kappa shape index (κ2) is 3.48. The molecule has 0 spiro atoms. The fourth-order valence-corrected chi connectivity index (χ4v) is 1.78. The maximum Gasteiger partial charge on any atom is 0.263 e. The Balaban J connectivity index is 2.46. The largest absolute Gasteiger partial charge is 0.294 e. The first-order valence-corrected chi connectivity index (χ1v) is 4.62. The summed E-state index contributed by atoms with van der Waals surface area (Å²) < 4.78 is 24.7. The third kappa shape index (κ3) is 1.54. The Morgan fingerprint density at radius 1 is 1.21 bits per heavy atom. The number of Topliss-reactive ketones (excluding diaryl/α,β-unsaturated/α-hetero) is 1. The van der Waals surface area contributed by atoms with Gasteiger partial charge < -0.3 is 0 Å². The van der Waals surface area contributed by atoms with Crippen LogP contribution in [0, 0.1) is 0 Å². The van der Waals surface area contributed by atoms with Crippen LogP contribution in [-0.4, -0.2) is 5.78 Å². The minimum absolute atomic E-state index is 0.00579. The van der Waals surface area contributed by atoms with E-state index >= 15 is 0 Å². The zero-order valence-electron chi connectivity index (χ0n) is 7.59. The molecule has 0 bridgehead atoms. The van der Waals surface area contributed by atoms with E-state index in [1.165, 1.54) is 12.1 Å². The summed E-state index contributed by atoms with van der Waals surface area (Å²) in [5.41, 5.74) is 1.35. The summed E-state index contributed by atoms with van der Waals surface area (Å²) in [5.74, 6) is -0.00579. The molecule has 74 valence electrons. The van der Waals surface area contributed by atoms with Gasteiger partial charge in [0.1, 0.15) is 0 Å². The van der Waals surface area contributed by atoms with E-state index in [1.807, 2.05) is 0 Å². The van der Waals surface area contributed by atoms with Gasteiger partial charge in [-0.25, -0.2) is 8.78 Å². The van der Waals surface area contributed by atoms with Crippen LogP contribution in [0.25, 0.3) is 0 Å². The first kappa shape index (κ1) is 9.31. The van der Waals surface area contributed by atoms with Crippen LogP contribution in [0.2, 0.25) is 0 Å². The lowest BCUT2D eigenvalue weighted by Crippen LogP contribution is -2.11. The molecular formula is C11H10F2O. The summed E-state index contributed by atoms with van der Waals surface area (Å²) in [7, 11) is 0. The van der Waals surface area contributed by atoms with Gasteiger partial charge in [0.15, 0.2) is 5.78 Å². The Morgan fingerprint density at radius 2 is 2.00 bits per heavy atom. The first-order valence-electron chi connectivity index (χ1n) is 4.62. The van der Waals surface area contributed by atoms with Crippen LogP contribution in [0.1, 0.15) is 40.8 Å². The van der Waals surface area contributed by atoms with Gasteiger partial charge in [-0.15, -0.1) is 0 Å². The topological polar surface area (TPSA) is 17.1 Å². The minimum atomic E-state index is -2.49. The molecule has 1 aromatic carbocycles. The number of hydrogen-bond acceptors (Lipinski definition) is 1. The molecule has 0 amide bonds. The molecule has 1 aromatic rings. The Hall–Kier alpha value is -1.25. The number of fused-ring (bicyclic) bond motifs is 1. The van der Waals surface area contributed by atoms with E-state index in [2.05, 4.69) is 0 Å². The summed E-state index contributed by atoms with van der Waals surface area (Å²) in [4.78, 5) is 11.4. The normalized spacial score (nSPS) is 15.8. The van der Waals surface area contributed by atoms with Crippen molar-refractivity contribution in [2.75, 3.05) is 0 Å². The Morgan fingerprint density at radius 3 is 2.71 bits per heavy atom. The number of aryl methyl sites for hydroxylation is 1. The molecule has 0 aromatic heterocycles. The molecule has 1 aliphatic rings. The molecule has 2 rings (SSSR count). The maximum absolute atomic E-state index is 12.4. The number of rotatable bonds is 1. The predicted octanol–water partition coefficient (Wildman–Crippen LogP) is 3.14. The SMILES string of the molecule is O=C1CCCc2ccc(C(F)F)cc21. The smallest absolute Gasteiger partial charge is 0.263 e. The fourth-order valence-electron chi connectivity index (χ4n) is 1.78. The van der Waals surface area contributed by atoms with Crippen molar-refractivity contribution in [1.82, 2.24) is 0 Å². The number of halogens is 2. The summed E-state index contributed by atoms with van der Waals surface area (Å²) in [6, 6.07) is 4.39. The van der Waals surface area contributed by atoms with Crippen LogP contribution in [0.3, 0.4) is 0 Å². The highest BCUT2D eigenvalue weighted by atomic mass is 19.3. The molecule has 3 heteroatoms. The molecule has 0 unspecified atom stereocenters. The van der Waals surface area contributed by atoms with Gasteiger partial charge >= 0.3 is 0 Å². The quantitative estimate of drug-likeness (QED) is 0.674. The van der Waals surface area contributed by atoms with E-state index in [0.717, 1.165) is 18.4 Å². The van der Waals surface area contributed by atoms with E-state index in [9.17, 15) is 13.6 Å². The van der Waals surface area contributed by atoms with E-state index < -0.39 is 6.43 Å². The second-order valence-corrected chi connectivity index (χ2v) is 3.49. The summed E-state index contributed by atoms with van der Waals surface area (Å²) >= 11 is 0. The number of carbonyl (C=O) groups excluding carboxylic acids is 1. The number of ketones is 1. The highest BCUT2D eigenvalue weighted by Gasteiger charge is 2.19. The van der Waals surface area contributed by atoms with Gasteiger partial charge in [-0.2, -0.15) is 0 Å². The number of alkyl halides is 2. The van der Waals surface area contributed by atoms with E-state index in [-0.39, 0.29) is 11.3 Å². The van der Waals surface area contributed by atoms with Crippen molar-refractivity contribution in [3.8, 4) is 0 Å². The first-order chi connectivity index (χ1) is 6.68. The number of hydrogen-bond donors (Lipinski definition) is 0. The van der Waals surface area contributed by atoms with E-state index in [0.29, 0.717) is 12.0 Å². The molecule has 0 atom stereocenters. The van der Waals surface area contributed by atoms with E-state index in [4.69, 9.17) is 0 Å². The Bertz CT molecular complexity index is 372. The minimum Gasteiger partial charge on any atom is -0.294 e. The maximum atomic E-state index is 12.4. The van der Waals surface area contributed by atoms with Gasteiger partial charge in [0.25, 0.3) is 6.43 Å². The lowest BCUT2D eigenvalue weighted by atomic mass is 9.89.